The van der Waals surface area contributed by atoms with Crippen LogP contribution >= 0.6 is 0 Å². The van der Waals surface area contributed by atoms with Crippen LogP contribution in [0.25, 0.3) is 11.0 Å². The summed E-state index contributed by atoms with van der Waals surface area (Å²) in [5, 5.41) is 1.06. The Balaban J connectivity index is 1.44. The van der Waals surface area contributed by atoms with E-state index in [4.69, 9.17) is 5.73 Å². The Morgan fingerprint density at radius 2 is 1.92 bits per heavy atom. The number of aromatic nitrogens is 3. The van der Waals surface area contributed by atoms with Gasteiger partial charge in [0.15, 0.2) is 0 Å². The lowest BCUT2D eigenvalue weighted by Crippen LogP contribution is -2.43. The number of nitrogens with two attached hydrogens (primary N) is 1. The Morgan fingerprint density at radius 3 is 2.73 bits per heavy atom. The number of nitrogens with one attached hydrogen (secondary N) is 1. The van der Waals surface area contributed by atoms with Crippen molar-refractivity contribution in [1.82, 2.24) is 19.9 Å². The van der Waals surface area contributed by atoms with Crippen LogP contribution < -0.4 is 10.6 Å². The number of hydrogen-bond acceptors (Lipinski definition) is 5. The summed E-state index contributed by atoms with van der Waals surface area (Å²) < 4.78 is 0. The maximum atomic E-state index is 5.96. The lowest BCUT2D eigenvalue weighted by molar-refractivity contribution is 0.183. The summed E-state index contributed by atoms with van der Waals surface area (Å²) in [5.74, 6) is 1.31. The molecule has 1 aliphatic carbocycles. The Hall–Kier alpha value is -2.60. The largest absolute Gasteiger partial charge is 0.368 e. The van der Waals surface area contributed by atoms with E-state index in [1.54, 1.807) is 0 Å². The second kappa shape index (κ2) is 5.99. The summed E-state index contributed by atoms with van der Waals surface area (Å²) in [5.41, 5.74) is 8.45. The molecule has 1 spiro atoms. The number of nitrogen functional groups attached to an aromatic ring is 1. The van der Waals surface area contributed by atoms with Gasteiger partial charge in [0.1, 0.15) is 11.5 Å². The lowest BCUT2D eigenvalue weighted by atomic mass is 10.1. The normalized spacial score (nSPS) is 19.8. The Morgan fingerprint density at radius 1 is 1.08 bits per heavy atom. The average molecular weight is 348 g/mol. The fraction of sp³-hybridized carbons (Fsp3) is 0.400. The minimum atomic E-state index is 0.273. The molecule has 3 heterocycles. The van der Waals surface area contributed by atoms with Gasteiger partial charge in [-0.3, -0.25) is 4.90 Å². The molecule has 1 saturated carbocycles. The van der Waals surface area contributed by atoms with Crippen LogP contribution in [0.1, 0.15) is 24.8 Å². The quantitative estimate of drug-likeness (QED) is 0.761. The molecule has 5 rings (SSSR count). The molecule has 2 fully saturated rings. The van der Waals surface area contributed by atoms with Crippen LogP contribution in [0.5, 0.6) is 0 Å². The van der Waals surface area contributed by atoms with E-state index in [0.29, 0.717) is 5.95 Å². The van der Waals surface area contributed by atoms with Gasteiger partial charge in [-0.05, 0) is 30.9 Å². The second-order valence-electron chi connectivity index (χ2n) is 7.55. The zero-order valence-corrected chi connectivity index (χ0v) is 14.9. The first-order valence-corrected chi connectivity index (χ1v) is 9.38. The van der Waals surface area contributed by atoms with Gasteiger partial charge >= 0.3 is 0 Å². The maximum Gasteiger partial charge on any atom is 0.223 e. The fourth-order valence-electron chi connectivity index (χ4n) is 4.26. The van der Waals surface area contributed by atoms with E-state index in [9.17, 15) is 0 Å². The predicted octanol–water partition coefficient (Wildman–Crippen LogP) is 2.79. The molecule has 6 nitrogen and oxygen atoms in total. The minimum Gasteiger partial charge on any atom is -0.368 e. The number of benzene rings is 1. The Kier molecular flexibility index (Phi) is 3.60. The minimum absolute atomic E-state index is 0.273. The van der Waals surface area contributed by atoms with E-state index in [2.05, 4.69) is 61.1 Å². The van der Waals surface area contributed by atoms with E-state index in [1.165, 1.54) is 18.4 Å². The lowest BCUT2D eigenvalue weighted by Gasteiger charge is -2.32. The number of H-pyrrole nitrogens is 1. The molecule has 1 aromatic carbocycles. The third-order valence-electron chi connectivity index (χ3n) is 5.77. The Bertz CT molecular complexity index is 914. The van der Waals surface area contributed by atoms with Crippen LogP contribution in [0.4, 0.5) is 11.8 Å². The molecule has 0 bridgehead atoms. The molecule has 2 aromatic heterocycles. The topological polar surface area (TPSA) is 74.1 Å². The van der Waals surface area contributed by atoms with Crippen molar-refractivity contribution in [3.63, 3.8) is 0 Å². The maximum absolute atomic E-state index is 5.96. The number of anilines is 2. The van der Waals surface area contributed by atoms with Crippen LogP contribution in [0.15, 0.2) is 42.6 Å². The predicted molar refractivity (Wildman–Crippen MR) is 104 cm³/mol. The van der Waals surface area contributed by atoms with Crippen LogP contribution in [-0.2, 0) is 6.54 Å². The smallest absolute Gasteiger partial charge is 0.223 e. The van der Waals surface area contributed by atoms with Crippen molar-refractivity contribution >= 4 is 22.8 Å². The highest BCUT2D eigenvalue weighted by Crippen LogP contribution is 2.45. The number of aromatic amines is 1. The molecule has 26 heavy (non-hydrogen) atoms. The van der Waals surface area contributed by atoms with Crippen molar-refractivity contribution in [1.29, 1.82) is 0 Å². The van der Waals surface area contributed by atoms with Gasteiger partial charge in [-0.2, -0.15) is 9.97 Å². The number of nitrogens with zero attached hydrogens (tertiary/aromatic N) is 4. The monoisotopic (exact) mass is 348 g/mol. The number of hydrogen-bond donors (Lipinski definition) is 2. The van der Waals surface area contributed by atoms with Gasteiger partial charge in [-0.25, -0.2) is 0 Å². The molecule has 0 amide bonds. The molecule has 0 unspecified atom stereocenters. The third kappa shape index (κ3) is 2.70. The average Bonchev–Trinajstić information content (AvgIpc) is 3.32. The summed E-state index contributed by atoms with van der Waals surface area (Å²) in [6, 6.07) is 12.9. The highest BCUT2D eigenvalue weighted by atomic mass is 15.3. The number of rotatable bonds is 3. The molecule has 2 aliphatic rings. The summed E-state index contributed by atoms with van der Waals surface area (Å²) in [6.45, 7) is 4.17. The van der Waals surface area contributed by atoms with Crippen LogP contribution in [0, 0.1) is 0 Å². The summed E-state index contributed by atoms with van der Waals surface area (Å²) in [7, 11) is 0. The van der Waals surface area contributed by atoms with Gasteiger partial charge < -0.3 is 15.6 Å². The van der Waals surface area contributed by atoms with Gasteiger partial charge in [-0.1, -0.05) is 30.3 Å². The van der Waals surface area contributed by atoms with Crippen molar-refractivity contribution < 1.29 is 0 Å². The second-order valence-corrected chi connectivity index (χ2v) is 7.55. The standard InChI is InChI=1S/C20H24N6/c21-19-23-17-16(7-10-22-17)18(24-19)25-11-4-12-26(20(14-25)8-9-20)13-15-5-2-1-3-6-15/h1-3,5-7,10H,4,8-9,11-14H2,(H3,21,22,23,24). The molecule has 0 atom stereocenters. The summed E-state index contributed by atoms with van der Waals surface area (Å²) >= 11 is 0. The van der Waals surface area contributed by atoms with Gasteiger partial charge in [0.25, 0.3) is 0 Å². The molecule has 6 heteroatoms. The zero-order valence-electron chi connectivity index (χ0n) is 14.9. The first-order valence-electron chi connectivity index (χ1n) is 9.38. The van der Waals surface area contributed by atoms with Crippen molar-refractivity contribution in [3.05, 3.63) is 48.2 Å². The SMILES string of the molecule is Nc1nc(N2CCCN(Cc3ccccc3)C3(CC3)C2)c2cc[nH]c2n1. The molecular weight excluding hydrogens is 324 g/mol. The van der Waals surface area contributed by atoms with E-state index in [0.717, 1.165) is 49.5 Å². The molecular formula is C20H24N6. The van der Waals surface area contributed by atoms with Crippen molar-refractivity contribution in [3.8, 4) is 0 Å². The zero-order chi connectivity index (χ0) is 17.6. The summed E-state index contributed by atoms with van der Waals surface area (Å²) in [4.78, 5) is 17.2. The van der Waals surface area contributed by atoms with E-state index in [1.807, 2.05) is 6.20 Å². The first kappa shape index (κ1) is 15.6. The summed E-state index contributed by atoms with van der Waals surface area (Å²) in [6.07, 6.45) is 5.56. The van der Waals surface area contributed by atoms with Crippen molar-refractivity contribution in [2.24, 2.45) is 0 Å². The van der Waals surface area contributed by atoms with Crippen LogP contribution in [-0.4, -0.2) is 45.0 Å². The van der Waals surface area contributed by atoms with Gasteiger partial charge in [-0.15, -0.1) is 0 Å². The molecule has 3 N–H and O–H groups in total. The molecule has 0 radical (unpaired) electrons. The first-order chi connectivity index (χ1) is 12.7. The fourth-order valence-corrected chi connectivity index (χ4v) is 4.26. The third-order valence-corrected chi connectivity index (χ3v) is 5.77. The molecule has 3 aromatic rings. The van der Waals surface area contributed by atoms with E-state index >= 15 is 0 Å². The molecule has 134 valence electrons. The highest BCUT2D eigenvalue weighted by molar-refractivity contribution is 5.88. The van der Waals surface area contributed by atoms with Crippen LogP contribution in [0.3, 0.4) is 0 Å². The van der Waals surface area contributed by atoms with E-state index in [-0.39, 0.29) is 5.54 Å². The van der Waals surface area contributed by atoms with Crippen molar-refractivity contribution in [2.75, 3.05) is 30.3 Å². The van der Waals surface area contributed by atoms with E-state index < -0.39 is 0 Å². The van der Waals surface area contributed by atoms with Crippen molar-refractivity contribution in [2.45, 2.75) is 31.3 Å². The van der Waals surface area contributed by atoms with Crippen LogP contribution in [0.2, 0.25) is 0 Å². The Labute approximate surface area is 153 Å². The highest BCUT2D eigenvalue weighted by Gasteiger charge is 2.50. The van der Waals surface area contributed by atoms with Gasteiger partial charge in [0.05, 0.1) is 5.39 Å². The molecule has 1 saturated heterocycles. The molecule has 1 aliphatic heterocycles. The van der Waals surface area contributed by atoms with Gasteiger partial charge in [0, 0.05) is 37.9 Å². The number of fused-ring (bicyclic) bond motifs is 1. The van der Waals surface area contributed by atoms with Gasteiger partial charge in [0.2, 0.25) is 5.95 Å².